The molecule has 0 unspecified atom stereocenters. The van der Waals surface area contributed by atoms with Crippen molar-refractivity contribution in [1.29, 1.82) is 0 Å². The quantitative estimate of drug-likeness (QED) is 0.837. The van der Waals surface area contributed by atoms with Crippen LogP contribution in [0.3, 0.4) is 0 Å². The van der Waals surface area contributed by atoms with Gasteiger partial charge < -0.3 is 10.4 Å². The van der Waals surface area contributed by atoms with Crippen LogP contribution in [-0.2, 0) is 6.54 Å². The topological polar surface area (TPSA) is 32.3 Å². The number of phenolic OH excluding ortho intramolecular Hbond substituents is 1. The van der Waals surface area contributed by atoms with Crippen LogP contribution in [0, 0.1) is 13.8 Å². The summed E-state index contributed by atoms with van der Waals surface area (Å²) in [5.74, 6) is 0.345. The first-order chi connectivity index (χ1) is 6.07. The molecule has 0 aromatic heterocycles. The lowest BCUT2D eigenvalue weighted by atomic mass is 10.0. The predicted octanol–water partition coefficient (Wildman–Crippen LogP) is 2.49. The van der Waals surface area contributed by atoms with Gasteiger partial charge in [-0.3, -0.25) is 0 Å². The normalized spacial score (nSPS) is 10.5. The number of hydrogen-bond acceptors (Lipinski definition) is 2. The summed E-state index contributed by atoms with van der Waals surface area (Å²) in [5, 5.41) is 12.8. The number of benzene rings is 1. The lowest BCUT2D eigenvalue weighted by Crippen LogP contribution is -2.07. The third-order valence-corrected chi connectivity index (χ3v) is 2.86. The highest BCUT2D eigenvalue weighted by Gasteiger charge is 2.10. The summed E-state index contributed by atoms with van der Waals surface area (Å²) in [6, 6.07) is 1.93. The van der Waals surface area contributed by atoms with Gasteiger partial charge >= 0.3 is 0 Å². The van der Waals surface area contributed by atoms with E-state index in [2.05, 4.69) is 21.2 Å². The van der Waals surface area contributed by atoms with Crippen LogP contribution in [0.25, 0.3) is 0 Å². The highest BCUT2D eigenvalue weighted by molar-refractivity contribution is 9.10. The van der Waals surface area contributed by atoms with E-state index in [4.69, 9.17) is 0 Å². The highest BCUT2D eigenvalue weighted by Crippen LogP contribution is 2.32. The fraction of sp³-hybridized carbons (Fsp3) is 0.400. The van der Waals surface area contributed by atoms with Gasteiger partial charge in [0, 0.05) is 12.1 Å². The van der Waals surface area contributed by atoms with Crippen LogP contribution >= 0.6 is 15.9 Å². The van der Waals surface area contributed by atoms with Crippen LogP contribution in [0.2, 0.25) is 0 Å². The Morgan fingerprint density at radius 3 is 2.62 bits per heavy atom. The standard InChI is InChI=1S/C10H14BrNO/c1-6-4-9(11)10(13)8(5-12-3)7(6)2/h4,12-13H,5H2,1-3H3. The first-order valence-corrected chi connectivity index (χ1v) is 4.99. The monoisotopic (exact) mass is 243 g/mol. The van der Waals surface area contributed by atoms with Crippen LogP contribution in [0.1, 0.15) is 16.7 Å². The van der Waals surface area contributed by atoms with Crippen molar-refractivity contribution in [3.63, 3.8) is 0 Å². The zero-order chi connectivity index (χ0) is 10.0. The van der Waals surface area contributed by atoms with Crippen LogP contribution in [0.15, 0.2) is 10.5 Å². The van der Waals surface area contributed by atoms with Gasteiger partial charge in [-0.1, -0.05) is 0 Å². The molecule has 72 valence electrons. The molecule has 13 heavy (non-hydrogen) atoms. The molecule has 0 aliphatic carbocycles. The maximum absolute atomic E-state index is 9.75. The minimum atomic E-state index is 0.345. The Morgan fingerprint density at radius 1 is 1.46 bits per heavy atom. The van der Waals surface area contributed by atoms with Crippen LogP contribution < -0.4 is 5.32 Å². The first-order valence-electron chi connectivity index (χ1n) is 4.20. The van der Waals surface area contributed by atoms with E-state index in [1.54, 1.807) is 0 Å². The van der Waals surface area contributed by atoms with E-state index in [1.165, 1.54) is 5.56 Å². The van der Waals surface area contributed by atoms with Crippen LogP contribution in [0.5, 0.6) is 5.75 Å². The third kappa shape index (κ3) is 2.03. The van der Waals surface area contributed by atoms with E-state index in [0.29, 0.717) is 12.3 Å². The smallest absolute Gasteiger partial charge is 0.134 e. The van der Waals surface area contributed by atoms with Gasteiger partial charge in [-0.15, -0.1) is 0 Å². The van der Waals surface area contributed by atoms with Crippen LogP contribution in [-0.4, -0.2) is 12.2 Å². The average molecular weight is 244 g/mol. The van der Waals surface area contributed by atoms with Crippen molar-refractivity contribution in [3.8, 4) is 5.75 Å². The van der Waals surface area contributed by atoms with Crippen molar-refractivity contribution in [1.82, 2.24) is 5.32 Å². The second-order valence-corrected chi connectivity index (χ2v) is 4.01. The van der Waals surface area contributed by atoms with E-state index in [1.807, 2.05) is 27.0 Å². The molecule has 0 saturated carbocycles. The average Bonchev–Trinajstić information content (AvgIpc) is 2.09. The first kappa shape index (κ1) is 10.5. The fourth-order valence-electron chi connectivity index (χ4n) is 1.32. The molecule has 3 heteroatoms. The Labute approximate surface area is 87.1 Å². The van der Waals surface area contributed by atoms with Crippen LogP contribution in [0.4, 0.5) is 0 Å². The fourth-order valence-corrected chi connectivity index (χ4v) is 1.90. The van der Waals surface area contributed by atoms with E-state index >= 15 is 0 Å². The van der Waals surface area contributed by atoms with E-state index < -0.39 is 0 Å². The lowest BCUT2D eigenvalue weighted by molar-refractivity contribution is 0.461. The number of rotatable bonds is 2. The van der Waals surface area contributed by atoms with Crippen molar-refractivity contribution >= 4 is 15.9 Å². The largest absolute Gasteiger partial charge is 0.506 e. The molecule has 0 aliphatic heterocycles. The summed E-state index contributed by atoms with van der Waals surface area (Å²) in [4.78, 5) is 0. The molecule has 0 amide bonds. The number of hydrogen-bond donors (Lipinski definition) is 2. The highest BCUT2D eigenvalue weighted by atomic mass is 79.9. The number of aromatic hydroxyl groups is 1. The zero-order valence-corrected chi connectivity index (χ0v) is 9.70. The van der Waals surface area contributed by atoms with Crippen molar-refractivity contribution in [2.75, 3.05) is 7.05 Å². The van der Waals surface area contributed by atoms with Gasteiger partial charge in [0.1, 0.15) is 5.75 Å². The number of nitrogens with one attached hydrogen (secondary N) is 1. The van der Waals surface area contributed by atoms with E-state index in [9.17, 15) is 5.11 Å². The second-order valence-electron chi connectivity index (χ2n) is 3.16. The van der Waals surface area contributed by atoms with Gasteiger partial charge in [0.2, 0.25) is 0 Å². The SMILES string of the molecule is CNCc1c(C)c(C)cc(Br)c1O. The molecule has 2 N–H and O–H groups in total. The predicted molar refractivity (Wildman–Crippen MR) is 58.0 cm³/mol. The molecule has 2 nitrogen and oxygen atoms in total. The molecule has 0 bridgehead atoms. The summed E-state index contributed by atoms with van der Waals surface area (Å²) < 4.78 is 0.765. The summed E-state index contributed by atoms with van der Waals surface area (Å²) in [6.45, 7) is 4.75. The maximum atomic E-state index is 9.75. The molecule has 0 heterocycles. The van der Waals surface area contributed by atoms with Gasteiger partial charge in [-0.25, -0.2) is 0 Å². The minimum Gasteiger partial charge on any atom is -0.506 e. The molecule has 0 fully saturated rings. The van der Waals surface area contributed by atoms with Crippen molar-refractivity contribution < 1.29 is 5.11 Å². The Balaban J connectivity index is 3.28. The van der Waals surface area contributed by atoms with Crippen molar-refractivity contribution in [2.24, 2.45) is 0 Å². The van der Waals surface area contributed by atoms with Gasteiger partial charge in [-0.2, -0.15) is 0 Å². The van der Waals surface area contributed by atoms with E-state index in [0.717, 1.165) is 15.6 Å². The van der Waals surface area contributed by atoms with Gasteiger partial charge in [-0.05, 0) is 54.0 Å². The molecule has 1 aromatic carbocycles. The third-order valence-electron chi connectivity index (χ3n) is 2.25. The molecule has 0 radical (unpaired) electrons. The molecule has 1 aromatic rings. The molecular formula is C10H14BrNO. The Kier molecular flexibility index (Phi) is 3.33. The van der Waals surface area contributed by atoms with Gasteiger partial charge in [0.15, 0.2) is 0 Å². The van der Waals surface area contributed by atoms with Crippen molar-refractivity contribution in [2.45, 2.75) is 20.4 Å². The second kappa shape index (κ2) is 4.11. The molecule has 1 rings (SSSR count). The lowest BCUT2D eigenvalue weighted by Gasteiger charge is -2.12. The molecule has 0 atom stereocenters. The zero-order valence-electron chi connectivity index (χ0n) is 8.11. The Bertz CT molecular complexity index is 297. The summed E-state index contributed by atoms with van der Waals surface area (Å²) in [6.07, 6.45) is 0. The van der Waals surface area contributed by atoms with E-state index in [-0.39, 0.29) is 0 Å². The minimum absolute atomic E-state index is 0.345. The molecule has 0 aliphatic rings. The number of halogens is 1. The summed E-state index contributed by atoms with van der Waals surface area (Å²) in [7, 11) is 1.87. The van der Waals surface area contributed by atoms with Crippen molar-refractivity contribution in [3.05, 3.63) is 27.2 Å². The number of phenols is 1. The van der Waals surface area contributed by atoms with Gasteiger partial charge in [0.05, 0.1) is 4.47 Å². The maximum Gasteiger partial charge on any atom is 0.134 e. The molecule has 0 spiro atoms. The molecular weight excluding hydrogens is 230 g/mol. The Morgan fingerprint density at radius 2 is 2.08 bits per heavy atom. The summed E-state index contributed by atoms with van der Waals surface area (Å²) >= 11 is 3.32. The molecule has 0 saturated heterocycles. The Hall–Kier alpha value is -0.540. The summed E-state index contributed by atoms with van der Waals surface area (Å²) in [5.41, 5.74) is 3.30. The van der Waals surface area contributed by atoms with Gasteiger partial charge in [0.25, 0.3) is 0 Å². The number of aryl methyl sites for hydroxylation is 1.